The Labute approximate surface area is 202 Å². The molecule has 0 radical (unpaired) electrons. The molecular formula is C22H26ClFN6O3S. The third kappa shape index (κ3) is 4.83. The van der Waals surface area contributed by atoms with Gasteiger partial charge in [0.1, 0.15) is 11.6 Å². The van der Waals surface area contributed by atoms with Gasteiger partial charge in [0.25, 0.3) is 0 Å². The number of β-amino-alcohol motifs (C(OH)–C–C–N with tert-alkyl or cyclic N) is 1. The smallest absolute Gasteiger partial charge is 0.249 e. The molecule has 12 heteroatoms. The molecule has 0 aliphatic carbocycles. The molecule has 1 N–H and O–H groups in total. The molecule has 2 atom stereocenters. The van der Waals surface area contributed by atoms with Crippen LogP contribution in [0, 0.1) is 18.7 Å². The fourth-order valence-electron chi connectivity index (χ4n) is 4.24. The number of halogens is 2. The van der Waals surface area contributed by atoms with Crippen LogP contribution >= 0.6 is 11.6 Å². The van der Waals surface area contributed by atoms with Crippen LogP contribution in [0.5, 0.6) is 0 Å². The van der Waals surface area contributed by atoms with Gasteiger partial charge in [-0.3, -0.25) is 0 Å². The monoisotopic (exact) mass is 508 g/mol. The van der Waals surface area contributed by atoms with Crippen LogP contribution in [0.3, 0.4) is 0 Å². The molecule has 1 aromatic carbocycles. The Morgan fingerprint density at radius 1 is 1.32 bits per heavy atom. The maximum Gasteiger partial charge on any atom is 0.249 e. The minimum Gasteiger partial charge on any atom is -0.391 e. The number of aryl methyl sites for hydroxylation is 1. The van der Waals surface area contributed by atoms with Crippen molar-refractivity contribution in [2.75, 3.05) is 19.3 Å². The number of fused-ring (bicyclic) bond motifs is 1. The van der Waals surface area contributed by atoms with Crippen molar-refractivity contribution >= 4 is 44.8 Å². The average Bonchev–Trinajstić information content (AvgIpc) is 3.07. The number of aliphatic imine (C=N–C) groups is 1. The van der Waals surface area contributed by atoms with Crippen LogP contribution in [0.15, 0.2) is 23.3 Å². The zero-order valence-corrected chi connectivity index (χ0v) is 20.8. The summed E-state index contributed by atoms with van der Waals surface area (Å²) in [4.78, 5) is 17.2. The number of benzene rings is 1. The van der Waals surface area contributed by atoms with E-state index in [2.05, 4.69) is 19.9 Å². The summed E-state index contributed by atoms with van der Waals surface area (Å²) in [6.07, 6.45) is 3.48. The Hall–Kier alpha value is -2.47. The van der Waals surface area contributed by atoms with Gasteiger partial charge in [0.05, 0.1) is 40.3 Å². The molecule has 0 saturated carbocycles. The minimum absolute atomic E-state index is 0.00355. The van der Waals surface area contributed by atoms with E-state index >= 15 is 4.39 Å². The SMILES string of the molecule is Cc1nc2cc(F)c(-c3nc(N=C[C@@H]4CCN(S(C)(=O)=O)C[C@H]4O)ncc3Cl)cc2n1C(C)C. The zero-order valence-electron chi connectivity index (χ0n) is 19.3. The summed E-state index contributed by atoms with van der Waals surface area (Å²) >= 11 is 6.32. The normalized spacial score (nSPS) is 20.1. The Bertz CT molecular complexity index is 1370. The molecule has 1 fully saturated rings. The number of hydrogen-bond donors (Lipinski definition) is 1. The largest absolute Gasteiger partial charge is 0.391 e. The zero-order chi connectivity index (χ0) is 24.8. The van der Waals surface area contributed by atoms with Gasteiger partial charge >= 0.3 is 0 Å². The van der Waals surface area contributed by atoms with E-state index in [4.69, 9.17) is 11.6 Å². The molecule has 1 aliphatic rings. The van der Waals surface area contributed by atoms with Crippen molar-refractivity contribution in [3.8, 4) is 11.3 Å². The van der Waals surface area contributed by atoms with Crippen LogP contribution in [-0.4, -0.2) is 69.0 Å². The summed E-state index contributed by atoms with van der Waals surface area (Å²) in [5.41, 5.74) is 1.72. The highest BCUT2D eigenvalue weighted by molar-refractivity contribution is 7.88. The van der Waals surface area contributed by atoms with E-state index < -0.39 is 21.9 Å². The highest BCUT2D eigenvalue weighted by Crippen LogP contribution is 2.33. The third-order valence-electron chi connectivity index (χ3n) is 5.90. The van der Waals surface area contributed by atoms with Gasteiger partial charge in [-0.25, -0.2) is 32.8 Å². The second-order valence-electron chi connectivity index (χ2n) is 8.73. The lowest BCUT2D eigenvalue weighted by atomic mass is 9.96. The van der Waals surface area contributed by atoms with Crippen molar-refractivity contribution in [2.24, 2.45) is 10.9 Å². The van der Waals surface area contributed by atoms with Gasteiger partial charge in [-0.05, 0) is 33.3 Å². The molecule has 0 spiro atoms. The van der Waals surface area contributed by atoms with Crippen LogP contribution in [0.4, 0.5) is 10.3 Å². The molecule has 0 unspecified atom stereocenters. The van der Waals surface area contributed by atoms with Gasteiger partial charge in [-0.15, -0.1) is 0 Å². The molecule has 1 aliphatic heterocycles. The Morgan fingerprint density at radius 2 is 2.06 bits per heavy atom. The fraction of sp³-hybridized carbons (Fsp3) is 0.455. The van der Waals surface area contributed by atoms with E-state index in [1.54, 1.807) is 6.07 Å². The lowest BCUT2D eigenvalue weighted by Crippen LogP contribution is -2.46. The van der Waals surface area contributed by atoms with Gasteiger partial charge in [-0.1, -0.05) is 11.6 Å². The number of nitrogens with zero attached hydrogens (tertiary/aromatic N) is 6. The summed E-state index contributed by atoms with van der Waals surface area (Å²) in [7, 11) is -3.37. The van der Waals surface area contributed by atoms with E-state index in [0.29, 0.717) is 11.9 Å². The van der Waals surface area contributed by atoms with Gasteiger partial charge in [0, 0.05) is 42.9 Å². The molecule has 3 heterocycles. The number of piperidine rings is 1. The average molecular weight is 509 g/mol. The maximum absolute atomic E-state index is 15.0. The molecule has 182 valence electrons. The molecule has 0 amide bonds. The Kier molecular flexibility index (Phi) is 6.74. The van der Waals surface area contributed by atoms with Gasteiger partial charge in [0.15, 0.2) is 0 Å². The van der Waals surface area contributed by atoms with Crippen LogP contribution in [0.25, 0.3) is 22.3 Å². The van der Waals surface area contributed by atoms with Crippen LogP contribution in [0.1, 0.15) is 32.1 Å². The lowest BCUT2D eigenvalue weighted by molar-refractivity contribution is 0.0829. The summed E-state index contributed by atoms with van der Waals surface area (Å²) in [6.45, 7) is 6.20. The van der Waals surface area contributed by atoms with Crippen molar-refractivity contribution in [2.45, 2.75) is 39.3 Å². The Balaban J connectivity index is 1.65. The predicted molar refractivity (Wildman–Crippen MR) is 130 cm³/mol. The summed E-state index contributed by atoms with van der Waals surface area (Å²) in [5.74, 6) is -0.0384. The highest BCUT2D eigenvalue weighted by atomic mass is 35.5. The molecule has 9 nitrogen and oxygen atoms in total. The lowest BCUT2D eigenvalue weighted by Gasteiger charge is -2.32. The van der Waals surface area contributed by atoms with E-state index in [0.717, 1.165) is 17.6 Å². The van der Waals surface area contributed by atoms with E-state index in [-0.39, 0.29) is 47.3 Å². The van der Waals surface area contributed by atoms with Gasteiger partial charge in [-0.2, -0.15) is 4.31 Å². The second-order valence-corrected chi connectivity index (χ2v) is 11.1. The number of imidazole rings is 1. The number of aliphatic hydroxyl groups excluding tert-OH is 1. The highest BCUT2D eigenvalue weighted by Gasteiger charge is 2.31. The van der Waals surface area contributed by atoms with Crippen molar-refractivity contribution in [1.82, 2.24) is 23.8 Å². The molecular weight excluding hydrogens is 483 g/mol. The number of aliphatic hydroxyl groups is 1. The Morgan fingerprint density at radius 3 is 2.71 bits per heavy atom. The summed E-state index contributed by atoms with van der Waals surface area (Å²) < 4.78 is 41.7. The quantitative estimate of drug-likeness (QED) is 0.527. The van der Waals surface area contributed by atoms with Crippen LogP contribution in [-0.2, 0) is 10.0 Å². The van der Waals surface area contributed by atoms with Gasteiger partial charge < -0.3 is 9.67 Å². The molecule has 4 rings (SSSR count). The topological polar surface area (TPSA) is 114 Å². The molecule has 2 aromatic heterocycles. The fourth-order valence-corrected chi connectivity index (χ4v) is 5.29. The standard InChI is InChI=1S/C22H26ClFN6O3S/c1-12(2)30-13(3)27-18-8-17(24)15(7-19(18)30)21-16(23)10-26-22(28-21)25-9-14-5-6-29(11-20(14)31)34(4,32)33/h7-10,12,14,20,31H,5-6,11H2,1-4H3/t14-,20+/m0/s1. The maximum atomic E-state index is 15.0. The van der Waals surface area contributed by atoms with Crippen molar-refractivity contribution in [1.29, 1.82) is 0 Å². The van der Waals surface area contributed by atoms with Crippen LogP contribution in [0.2, 0.25) is 5.02 Å². The number of hydrogen-bond acceptors (Lipinski definition) is 7. The predicted octanol–water partition coefficient (Wildman–Crippen LogP) is 3.52. The van der Waals surface area contributed by atoms with E-state index in [9.17, 15) is 13.5 Å². The minimum atomic E-state index is -3.37. The molecule has 1 saturated heterocycles. The first-order valence-corrected chi connectivity index (χ1v) is 13.1. The van der Waals surface area contributed by atoms with Crippen molar-refractivity contribution < 1.29 is 17.9 Å². The molecule has 0 bridgehead atoms. The first-order valence-electron chi connectivity index (χ1n) is 10.8. The third-order valence-corrected chi connectivity index (χ3v) is 7.45. The van der Waals surface area contributed by atoms with Gasteiger partial charge in [0.2, 0.25) is 16.0 Å². The molecule has 34 heavy (non-hydrogen) atoms. The van der Waals surface area contributed by atoms with E-state index in [1.165, 1.54) is 22.8 Å². The first kappa shape index (κ1) is 24.6. The number of rotatable bonds is 5. The van der Waals surface area contributed by atoms with E-state index in [1.807, 2.05) is 25.3 Å². The van der Waals surface area contributed by atoms with Crippen molar-refractivity contribution in [3.05, 3.63) is 35.0 Å². The summed E-state index contributed by atoms with van der Waals surface area (Å²) in [6, 6.07) is 3.17. The number of sulfonamides is 1. The van der Waals surface area contributed by atoms with Crippen molar-refractivity contribution in [3.63, 3.8) is 0 Å². The summed E-state index contributed by atoms with van der Waals surface area (Å²) in [5, 5.41) is 10.5. The second kappa shape index (κ2) is 9.29. The first-order chi connectivity index (χ1) is 16.0. The number of aromatic nitrogens is 4. The molecule has 3 aromatic rings. The van der Waals surface area contributed by atoms with Crippen LogP contribution < -0.4 is 0 Å².